The summed E-state index contributed by atoms with van der Waals surface area (Å²) in [4.78, 5) is 10.8. The molecule has 1 aliphatic rings. The average Bonchev–Trinajstić information content (AvgIpc) is 2.27. The van der Waals surface area contributed by atoms with Crippen molar-refractivity contribution in [2.75, 3.05) is 11.1 Å². The summed E-state index contributed by atoms with van der Waals surface area (Å²) in [6.07, 6.45) is 3.47. The van der Waals surface area contributed by atoms with Crippen LogP contribution in [0.25, 0.3) is 0 Å². The van der Waals surface area contributed by atoms with Crippen molar-refractivity contribution in [3.8, 4) is 0 Å². The van der Waals surface area contributed by atoms with Crippen molar-refractivity contribution in [2.45, 2.75) is 59.4 Å². The number of nitrogen functional groups attached to an aromatic ring is 1. The summed E-state index contributed by atoms with van der Waals surface area (Å²) in [5.74, 6) is -0.837. The Morgan fingerprint density at radius 1 is 1.27 bits per heavy atom. The Kier molecular flexibility index (Phi) is 4.41. The second-order valence-corrected chi connectivity index (χ2v) is 8.25. The second kappa shape index (κ2) is 5.82. The number of hydrogen-bond acceptors (Lipinski definition) is 3. The van der Waals surface area contributed by atoms with Gasteiger partial charge in [-0.2, -0.15) is 0 Å². The van der Waals surface area contributed by atoms with E-state index in [1.54, 1.807) is 6.07 Å². The van der Waals surface area contributed by atoms with Gasteiger partial charge in [-0.15, -0.1) is 0 Å². The number of anilines is 2. The van der Waals surface area contributed by atoms with Crippen molar-refractivity contribution in [3.05, 3.63) is 23.8 Å². The fourth-order valence-corrected chi connectivity index (χ4v) is 4.20. The van der Waals surface area contributed by atoms with Gasteiger partial charge in [-0.3, -0.25) is 4.79 Å². The lowest BCUT2D eigenvalue weighted by Gasteiger charge is -2.45. The van der Waals surface area contributed by atoms with Crippen LogP contribution in [0.15, 0.2) is 18.2 Å². The molecule has 1 aromatic rings. The summed E-state index contributed by atoms with van der Waals surface area (Å²) >= 11 is 0. The van der Waals surface area contributed by atoms with E-state index in [1.807, 2.05) is 12.1 Å². The molecule has 1 aliphatic carbocycles. The zero-order valence-corrected chi connectivity index (χ0v) is 14.1. The zero-order valence-electron chi connectivity index (χ0n) is 14.1. The largest absolute Gasteiger partial charge is 0.481 e. The van der Waals surface area contributed by atoms with E-state index < -0.39 is 5.97 Å². The van der Waals surface area contributed by atoms with E-state index in [4.69, 9.17) is 10.8 Å². The third-order valence-corrected chi connectivity index (χ3v) is 4.39. The van der Waals surface area contributed by atoms with E-state index in [9.17, 15) is 4.79 Å². The smallest absolute Gasteiger partial charge is 0.307 e. The van der Waals surface area contributed by atoms with Crippen molar-refractivity contribution in [1.29, 1.82) is 0 Å². The van der Waals surface area contributed by atoms with Gasteiger partial charge in [0.05, 0.1) is 17.8 Å². The minimum atomic E-state index is -0.837. The molecule has 4 heteroatoms. The van der Waals surface area contributed by atoms with E-state index in [0.717, 1.165) is 24.1 Å². The monoisotopic (exact) mass is 304 g/mol. The third-order valence-electron chi connectivity index (χ3n) is 4.39. The summed E-state index contributed by atoms with van der Waals surface area (Å²) in [6.45, 7) is 9.29. The highest BCUT2D eigenvalue weighted by atomic mass is 16.4. The topological polar surface area (TPSA) is 75.3 Å². The van der Waals surface area contributed by atoms with Crippen LogP contribution in [0.5, 0.6) is 0 Å². The molecule has 1 fully saturated rings. The van der Waals surface area contributed by atoms with Gasteiger partial charge in [0.2, 0.25) is 0 Å². The van der Waals surface area contributed by atoms with E-state index in [-0.39, 0.29) is 6.42 Å². The van der Waals surface area contributed by atoms with Crippen molar-refractivity contribution >= 4 is 17.3 Å². The maximum absolute atomic E-state index is 10.8. The first-order valence-corrected chi connectivity index (χ1v) is 7.93. The molecule has 22 heavy (non-hydrogen) atoms. The predicted octanol–water partition coefficient (Wildman–Crippen LogP) is 3.91. The molecular weight excluding hydrogens is 276 g/mol. The van der Waals surface area contributed by atoms with E-state index in [2.05, 4.69) is 33.0 Å². The molecule has 122 valence electrons. The molecule has 1 aromatic carbocycles. The number of benzene rings is 1. The lowest BCUT2D eigenvalue weighted by Crippen LogP contribution is -2.40. The first-order chi connectivity index (χ1) is 10.1. The van der Waals surface area contributed by atoms with Crippen LogP contribution in [0.3, 0.4) is 0 Å². The molecule has 0 aliphatic heterocycles. The van der Waals surface area contributed by atoms with Gasteiger partial charge in [0.15, 0.2) is 0 Å². The van der Waals surface area contributed by atoms with E-state index in [1.165, 1.54) is 6.42 Å². The fourth-order valence-electron chi connectivity index (χ4n) is 4.20. The van der Waals surface area contributed by atoms with Gasteiger partial charge in [0.1, 0.15) is 0 Å². The van der Waals surface area contributed by atoms with Gasteiger partial charge in [-0.05, 0) is 47.8 Å². The number of nitrogens with one attached hydrogen (secondary N) is 1. The fraction of sp³-hybridized carbons (Fsp3) is 0.611. The number of carboxylic acids is 1. The normalized spacial score (nSPS) is 20.5. The molecule has 1 saturated carbocycles. The molecular formula is C18H28N2O2. The molecule has 4 N–H and O–H groups in total. The van der Waals surface area contributed by atoms with Crippen LogP contribution in [-0.4, -0.2) is 17.1 Å². The number of aliphatic carboxylic acids is 1. The van der Waals surface area contributed by atoms with Crippen molar-refractivity contribution in [3.63, 3.8) is 0 Å². The highest BCUT2D eigenvalue weighted by molar-refractivity contribution is 5.73. The van der Waals surface area contributed by atoms with Crippen molar-refractivity contribution in [1.82, 2.24) is 0 Å². The molecule has 2 rings (SSSR count). The second-order valence-electron chi connectivity index (χ2n) is 8.25. The zero-order chi connectivity index (χ0) is 16.5. The molecule has 0 radical (unpaired) electrons. The maximum Gasteiger partial charge on any atom is 0.307 e. The lowest BCUT2D eigenvalue weighted by atomic mass is 9.63. The van der Waals surface area contributed by atoms with Crippen LogP contribution in [0.1, 0.15) is 52.5 Å². The Balaban J connectivity index is 2.11. The lowest BCUT2D eigenvalue weighted by molar-refractivity contribution is -0.136. The number of nitrogens with two attached hydrogens (primary N) is 1. The molecule has 4 nitrogen and oxygen atoms in total. The summed E-state index contributed by atoms with van der Waals surface area (Å²) in [5.41, 5.74) is 9.00. The van der Waals surface area contributed by atoms with Crippen LogP contribution in [0.2, 0.25) is 0 Å². The highest BCUT2D eigenvalue weighted by Gasteiger charge is 2.38. The Hall–Kier alpha value is -1.71. The summed E-state index contributed by atoms with van der Waals surface area (Å²) in [6, 6.07) is 5.90. The van der Waals surface area contributed by atoms with Crippen LogP contribution in [0, 0.1) is 10.8 Å². The molecule has 0 unspecified atom stereocenters. The Bertz CT molecular complexity index is 548. The first-order valence-electron chi connectivity index (χ1n) is 7.93. The predicted molar refractivity (Wildman–Crippen MR) is 91.0 cm³/mol. The quantitative estimate of drug-likeness (QED) is 0.737. The summed E-state index contributed by atoms with van der Waals surface area (Å²) in [5, 5.41) is 12.4. The minimum Gasteiger partial charge on any atom is -0.481 e. The van der Waals surface area contributed by atoms with Gasteiger partial charge in [-0.25, -0.2) is 0 Å². The van der Waals surface area contributed by atoms with Crippen LogP contribution >= 0.6 is 0 Å². The van der Waals surface area contributed by atoms with Gasteiger partial charge in [0, 0.05) is 6.04 Å². The average molecular weight is 304 g/mol. The molecule has 0 heterocycles. The number of carboxylic acid groups (broad SMARTS) is 1. The van der Waals surface area contributed by atoms with Gasteiger partial charge in [-0.1, -0.05) is 33.8 Å². The summed E-state index contributed by atoms with van der Waals surface area (Å²) in [7, 11) is 0. The number of carbonyl (C=O) groups is 1. The standard InChI is InChI=1S/C18H28N2O2/c1-17(2)9-13(10-18(3,4)11-17)20-15-6-5-12(7-14(15)19)8-16(21)22/h5-7,13,20H,8-11,19H2,1-4H3,(H,21,22). The molecule has 0 amide bonds. The van der Waals surface area contributed by atoms with Gasteiger partial charge < -0.3 is 16.2 Å². The molecule has 0 aromatic heterocycles. The van der Waals surface area contributed by atoms with E-state index in [0.29, 0.717) is 22.6 Å². The maximum atomic E-state index is 10.8. The first kappa shape index (κ1) is 16.7. The highest BCUT2D eigenvalue weighted by Crippen LogP contribution is 2.46. The number of rotatable bonds is 4. The Morgan fingerprint density at radius 2 is 1.86 bits per heavy atom. The van der Waals surface area contributed by atoms with Crippen molar-refractivity contribution in [2.24, 2.45) is 10.8 Å². The Labute approximate surface area is 133 Å². The van der Waals surface area contributed by atoms with Gasteiger partial charge >= 0.3 is 5.97 Å². The molecule has 0 atom stereocenters. The number of hydrogen-bond donors (Lipinski definition) is 3. The van der Waals surface area contributed by atoms with Crippen LogP contribution in [-0.2, 0) is 11.2 Å². The Morgan fingerprint density at radius 3 is 2.36 bits per heavy atom. The van der Waals surface area contributed by atoms with Crippen LogP contribution in [0.4, 0.5) is 11.4 Å². The molecule has 0 saturated heterocycles. The van der Waals surface area contributed by atoms with Crippen LogP contribution < -0.4 is 11.1 Å². The third kappa shape index (κ3) is 4.39. The molecule has 0 bridgehead atoms. The van der Waals surface area contributed by atoms with Crippen molar-refractivity contribution < 1.29 is 9.90 Å². The SMILES string of the molecule is CC1(C)CC(Nc2ccc(CC(=O)O)cc2N)CC(C)(C)C1. The minimum absolute atomic E-state index is 0.00791. The van der Waals surface area contributed by atoms with E-state index >= 15 is 0 Å². The summed E-state index contributed by atoms with van der Waals surface area (Å²) < 4.78 is 0. The molecule has 0 spiro atoms. The van der Waals surface area contributed by atoms with Gasteiger partial charge in [0.25, 0.3) is 0 Å².